The second-order valence-electron chi connectivity index (χ2n) is 5.15. The number of halogens is 1. The van der Waals surface area contributed by atoms with Gasteiger partial charge in [0.05, 0.1) is 6.54 Å². The van der Waals surface area contributed by atoms with E-state index in [4.69, 9.17) is 4.74 Å². The first-order valence-electron chi connectivity index (χ1n) is 7.06. The van der Waals surface area contributed by atoms with Crippen molar-refractivity contribution in [3.8, 4) is 0 Å². The molecule has 1 amide bonds. The molecule has 1 atom stereocenters. The highest BCUT2D eigenvalue weighted by atomic mass is 19.1. The van der Waals surface area contributed by atoms with Crippen molar-refractivity contribution in [2.45, 2.75) is 39.2 Å². The van der Waals surface area contributed by atoms with Crippen LogP contribution in [-0.2, 0) is 15.1 Å². The zero-order valence-electron chi connectivity index (χ0n) is 12.7. The maximum absolute atomic E-state index is 13.9. The standard InChI is InChI=1S/C16H24FNO2/c1-5-12(6-2)15(19)18-11-16(3,20-4)13-9-7-8-10-14(13)17/h7-10,12H,5-6,11H2,1-4H3,(H,18,19). The van der Waals surface area contributed by atoms with Crippen LogP contribution in [0.2, 0.25) is 0 Å². The number of carbonyl (C=O) groups excluding carboxylic acids is 1. The first-order chi connectivity index (χ1) is 9.48. The molecule has 0 saturated carbocycles. The van der Waals surface area contributed by atoms with Crippen LogP contribution in [0, 0.1) is 11.7 Å². The SMILES string of the molecule is CCC(CC)C(=O)NCC(C)(OC)c1ccccc1F. The predicted molar refractivity (Wildman–Crippen MR) is 77.8 cm³/mol. The summed E-state index contributed by atoms with van der Waals surface area (Å²) >= 11 is 0. The quantitative estimate of drug-likeness (QED) is 0.833. The molecule has 1 aromatic carbocycles. The predicted octanol–water partition coefficient (Wildman–Crippen LogP) is 3.24. The van der Waals surface area contributed by atoms with Gasteiger partial charge in [0, 0.05) is 18.6 Å². The number of methoxy groups -OCH3 is 1. The maximum atomic E-state index is 13.9. The van der Waals surface area contributed by atoms with Crippen LogP contribution in [0.5, 0.6) is 0 Å². The summed E-state index contributed by atoms with van der Waals surface area (Å²) in [6.45, 7) is 6.00. The lowest BCUT2D eigenvalue weighted by molar-refractivity contribution is -0.126. The molecule has 1 unspecified atom stereocenters. The van der Waals surface area contributed by atoms with E-state index in [1.165, 1.54) is 13.2 Å². The molecule has 20 heavy (non-hydrogen) atoms. The van der Waals surface area contributed by atoms with Crippen molar-refractivity contribution >= 4 is 5.91 Å². The van der Waals surface area contributed by atoms with Crippen molar-refractivity contribution in [3.63, 3.8) is 0 Å². The van der Waals surface area contributed by atoms with Gasteiger partial charge in [0.1, 0.15) is 11.4 Å². The van der Waals surface area contributed by atoms with Crippen LogP contribution in [0.1, 0.15) is 39.2 Å². The summed E-state index contributed by atoms with van der Waals surface area (Å²) in [5.74, 6) is -0.333. The number of amides is 1. The van der Waals surface area contributed by atoms with E-state index in [1.807, 2.05) is 13.8 Å². The summed E-state index contributed by atoms with van der Waals surface area (Å²) in [6.07, 6.45) is 1.59. The monoisotopic (exact) mass is 281 g/mol. The molecule has 0 heterocycles. The van der Waals surface area contributed by atoms with E-state index in [9.17, 15) is 9.18 Å². The van der Waals surface area contributed by atoms with Gasteiger partial charge in [-0.3, -0.25) is 4.79 Å². The second-order valence-corrected chi connectivity index (χ2v) is 5.15. The third-order valence-electron chi connectivity index (χ3n) is 3.85. The second kappa shape index (κ2) is 7.39. The van der Waals surface area contributed by atoms with Gasteiger partial charge in [-0.1, -0.05) is 32.0 Å². The fourth-order valence-corrected chi connectivity index (χ4v) is 2.23. The third kappa shape index (κ3) is 3.79. The topological polar surface area (TPSA) is 38.3 Å². The molecular weight excluding hydrogens is 257 g/mol. The Bertz CT molecular complexity index is 446. The Labute approximate surface area is 120 Å². The summed E-state index contributed by atoms with van der Waals surface area (Å²) in [7, 11) is 1.52. The highest BCUT2D eigenvalue weighted by Crippen LogP contribution is 2.26. The van der Waals surface area contributed by atoms with Gasteiger partial charge in [-0.25, -0.2) is 4.39 Å². The van der Waals surface area contributed by atoms with Crippen molar-refractivity contribution in [3.05, 3.63) is 35.6 Å². The van der Waals surface area contributed by atoms with Gasteiger partial charge in [-0.2, -0.15) is 0 Å². The first kappa shape index (κ1) is 16.6. The number of rotatable bonds is 7. The van der Waals surface area contributed by atoms with Crippen LogP contribution in [0.25, 0.3) is 0 Å². The van der Waals surface area contributed by atoms with E-state index in [-0.39, 0.29) is 24.2 Å². The number of hydrogen-bond acceptors (Lipinski definition) is 2. The summed E-state index contributed by atoms with van der Waals surface area (Å²) in [4.78, 5) is 12.0. The smallest absolute Gasteiger partial charge is 0.223 e. The maximum Gasteiger partial charge on any atom is 0.223 e. The van der Waals surface area contributed by atoms with Crippen LogP contribution in [0.4, 0.5) is 4.39 Å². The van der Waals surface area contributed by atoms with Gasteiger partial charge in [0.15, 0.2) is 0 Å². The molecule has 0 aliphatic carbocycles. The van der Waals surface area contributed by atoms with Gasteiger partial charge in [-0.15, -0.1) is 0 Å². The molecule has 0 aromatic heterocycles. The van der Waals surface area contributed by atoms with Gasteiger partial charge in [0.2, 0.25) is 5.91 Å². The first-order valence-corrected chi connectivity index (χ1v) is 7.06. The van der Waals surface area contributed by atoms with Gasteiger partial charge in [-0.05, 0) is 25.8 Å². The van der Waals surface area contributed by atoms with E-state index in [2.05, 4.69) is 5.32 Å². The Morgan fingerprint density at radius 2 is 1.95 bits per heavy atom. The summed E-state index contributed by atoms with van der Waals surface area (Å²) in [5.41, 5.74) is -0.417. The van der Waals surface area contributed by atoms with Crippen LogP contribution >= 0.6 is 0 Å². The zero-order chi connectivity index (χ0) is 15.2. The van der Waals surface area contributed by atoms with Crippen molar-refractivity contribution in [1.29, 1.82) is 0 Å². The minimum atomic E-state index is -0.868. The molecule has 4 heteroatoms. The lowest BCUT2D eigenvalue weighted by Gasteiger charge is -2.30. The summed E-state index contributed by atoms with van der Waals surface area (Å²) in [5, 5.41) is 2.87. The highest BCUT2D eigenvalue weighted by molar-refractivity contribution is 5.78. The van der Waals surface area contributed by atoms with E-state index in [0.29, 0.717) is 5.56 Å². The average molecular weight is 281 g/mol. The van der Waals surface area contributed by atoms with E-state index < -0.39 is 5.60 Å². The fourth-order valence-electron chi connectivity index (χ4n) is 2.23. The molecule has 0 radical (unpaired) electrons. The molecule has 0 saturated heterocycles. The van der Waals surface area contributed by atoms with E-state index in [1.54, 1.807) is 25.1 Å². The Balaban J connectivity index is 2.81. The molecule has 1 N–H and O–H groups in total. The molecule has 112 valence electrons. The van der Waals surface area contributed by atoms with E-state index in [0.717, 1.165) is 12.8 Å². The van der Waals surface area contributed by atoms with Crippen LogP contribution in [-0.4, -0.2) is 19.6 Å². The molecule has 1 rings (SSSR count). The molecule has 3 nitrogen and oxygen atoms in total. The number of nitrogens with one attached hydrogen (secondary N) is 1. The summed E-state index contributed by atoms with van der Waals surface area (Å²) < 4.78 is 19.3. The fraction of sp³-hybridized carbons (Fsp3) is 0.562. The van der Waals surface area contributed by atoms with Gasteiger partial charge < -0.3 is 10.1 Å². The Hall–Kier alpha value is -1.42. The lowest BCUT2D eigenvalue weighted by Crippen LogP contribution is -2.42. The Morgan fingerprint density at radius 3 is 2.45 bits per heavy atom. The van der Waals surface area contributed by atoms with Gasteiger partial charge in [0.25, 0.3) is 0 Å². The average Bonchev–Trinajstić information content (AvgIpc) is 2.46. The highest BCUT2D eigenvalue weighted by Gasteiger charge is 2.30. The number of ether oxygens (including phenoxy) is 1. The molecule has 1 aromatic rings. The largest absolute Gasteiger partial charge is 0.372 e. The molecule has 0 aliphatic heterocycles. The molecule has 0 fully saturated rings. The van der Waals surface area contributed by atoms with Crippen LogP contribution in [0.15, 0.2) is 24.3 Å². The van der Waals surface area contributed by atoms with Crippen molar-refractivity contribution in [2.24, 2.45) is 5.92 Å². The molecular formula is C16H24FNO2. The van der Waals surface area contributed by atoms with Crippen molar-refractivity contribution < 1.29 is 13.9 Å². The zero-order valence-corrected chi connectivity index (χ0v) is 12.7. The number of carbonyl (C=O) groups is 1. The van der Waals surface area contributed by atoms with Crippen molar-refractivity contribution in [1.82, 2.24) is 5.32 Å². The van der Waals surface area contributed by atoms with Gasteiger partial charge >= 0.3 is 0 Å². The normalized spacial score (nSPS) is 14.1. The van der Waals surface area contributed by atoms with E-state index >= 15 is 0 Å². The third-order valence-corrected chi connectivity index (χ3v) is 3.85. The number of benzene rings is 1. The lowest BCUT2D eigenvalue weighted by atomic mass is 9.94. The molecule has 0 bridgehead atoms. The minimum Gasteiger partial charge on any atom is -0.372 e. The van der Waals surface area contributed by atoms with Crippen molar-refractivity contribution in [2.75, 3.05) is 13.7 Å². The minimum absolute atomic E-state index is 0.00303. The molecule has 0 spiro atoms. The Kier molecular flexibility index (Phi) is 6.14. The number of hydrogen-bond donors (Lipinski definition) is 1. The van der Waals surface area contributed by atoms with Crippen LogP contribution in [0.3, 0.4) is 0 Å². The Morgan fingerprint density at radius 1 is 1.35 bits per heavy atom. The summed E-state index contributed by atoms with van der Waals surface area (Å²) in [6, 6.07) is 6.48. The van der Waals surface area contributed by atoms with Crippen LogP contribution < -0.4 is 5.32 Å². The molecule has 0 aliphatic rings.